The lowest BCUT2D eigenvalue weighted by Crippen LogP contribution is -2.32. The number of hydrogen-bond acceptors (Lipinski definition) is 1. The van der Waals surface area contributed by atoms with Crippen molar-refractivity contribution in [2.24, 2.45) is 0 Å². The van der Waals surface area contributed by atoms with Gasteiger partial charge in [-0.25, -0.2) is 8.78 Å². The SMILES string of the molecule is [CH2]C(C)OC(F)(F)C(F)F. The Morgan fingerprint density at radius 1 is 1.40 bits per heavy atom. The molecule has 0 aromatic rings. The van der Waals surface area contributed by atoms with Crippen LogP contribution in [0.1, 0.15) is 6.92 Å². The monoisotopic (exact) mass is 159 g/mol. The molecule has 0 spiro atoms. The summed E-state index contributed by atoms with van der Waals surface area (Å²) in [6, 6.07) is 0. The average molecular weight is 159 g/mol. The van der Waals surface area contributed by atoms with E-state index in [2.05, 4.69) is 11.7 Å². The third kappa shape index (κ3) is 3.00. The summed E-state index contributed by atoms with van der Waals surface area (Å²) in [5.41, 5.74) is 0. The van der Waals surface area contributed by atoms with E-state index in [1.54, 1.807) is 0 Å². The van der Waals surface area contributed by atoms with Crippen LogP contribution in [0.2, 0.25) is 0 Å². The molecule has 61 valence electrons. The first kappa shape index (κ1) is 9.68. The number of rotatable bonds is 3. The molecule has 0 amide bonds. The Kier molecular flexibility index (Phi) is 3.08. The maximum Gasteiger partial charge on any atom is 0.416 e. The molecule has 0 rings (SSSR count). The molecule has 0 saturated heterocycles. The van der Waals surface area contributed by atoms with Crippen LogP contribution in [0.15, 0.2) is 0 Å². The predicted octanol–water partition coefficient (Wildman–Crippen LogP) is 2.08. The summed E-state index contributed by atoms with van der Waals surface area (Å²) in [4.78, 5) is 0. The quantitative estimate of drug-likeness (QED) is 0.573. The van der Waals surface area contributed by atoms with E-state index in [4.69, 9.17) is 0 Å². The van der Waals surface area contributed by atoms with Crippen molar-refractivity contribution in [1.29, 1.82) is 0 Å². The van der Waals surface area contributed by atoms with Gasteiger partial charge in [0.1, 0.15) is 0 Å². The molecule has 0 aliphatic carbocycles. The fourth-order valence-corrected chi connectivity index (χ4v) is 0.320. The molecule has 1 atom stereocenters. The lowest BCUT2D eigenvalue weighted by molar-refractivity contribution is -0.310. The molecule has 0 aliphatic rings. The fourth-order valence-electron chi connectivity index (χ4n) is 0.320. The summed E-state index contributed by atoms with van der Waals surface area (Å²) in [6.07, 6.45) is -9.32. The number of alkyl halides is 4. The smallest absolute Gasteiger partial charge is 0.313 e. The van der Waals surface area contributed by atoms with Crippen LogP contribution in [0.5, 0.6) is 0 Å². The first-order valence-corrected chi connectivity index (χ1v) is 2.53. The molecule has 1 nitrogen and oxygen atoms in total. The zero-order valence-corrected chi connectivity index (χ0v) is 5.28. The highest BCUT2D eigenvalue weighted by atomic mass is 19.3. The summed E-state index contributed by atoms with van der Waals surface area (Å²) in [5.74, 6) is 0. The summed E-state index contributed by atoms with van der Waals surface area (Å²) >= 11 is 0. The highest BCUT2D eigenvalue weighted by molar-refractivity contribution is 4.60. The first-order valence-electron chi connectivity index (χ1n) is 2.53. The third-order valence-electron chi connectivity index (χ3n) is 0.612. The van der Waals surface area contributed by atoms with Crippen LogP contribution >= 0.6 is 0 Å². The molecule has 0 saturated carbocycles. The van der Waals surface area contributed by atoms with Gasteiger partial charge in [0.2, 0.25) is 0 Å². The Morgan fingerprint density at radius 2 is 1.80 bits per heavy atom. The minimum Gasteiger partial charge on any atom is -0.313 e. The number of hydrogen-bond donors (Lipinski definition) is 0. The van der Waals surface area contributed by atoms with Crippen LogP contribution in [-0.4, -0.2) is 18.6 Å². The molecule has 0 fully saturated rings. The molecule has 1 unspecified atom stereocenters. The van der Waals surface area contributed by atoms with E-state index in [1.165, 1.54) is 0 Å². The number of ether oxygens (including phenoxy) is 1. The van der Waals surface area contributed by atoms with Gasteiger partial charge in [0.05, 0.1) is 6.10 Å². The topological polar surface area (TPSA) is 9.23 Å². The summed E-state index contributed by atoms with van der Waals surface area (Å²) in [6.45, 7) is 4.12. The van der Waals surface area contributed by atoms with E-state index in [1.807, 2.05) is 0 Å². The predicted molar refractivity (Wildman–Crippen MR) is 26.9 cm³/mol. The second kappa shape index (κ2) is 3.18. The Hall–Kier alpha value is -0.320. The van der Waals surface area contributed by atoms with E-state index < -0.39 is 18.6 Å². The Bertz CT molecular complexity index is 102. The first-order chi connectivity index (χ1) is 4.36. The van der Waals surface area contributed by atoms with Gasteiger partial charge in [-0.15, -0.1) is 0 Å². The molecule has 10 heavy (non-hydrogen) atoms. The van der Waals surface area contributed by atoms with Gasteiger partial charge in [-0.1, -0.05) is 0 Å². The zero-order chi connectivity index (χ0) is 8.36. The van der Waals surface area contributed by atoms with Gasteiger partial charge in [-0.2, -0.15) is 8.78 Å². The standard InChI is InChI=1S/C5H7F4O/c1-3(2)10-5(8,9)4(6)7/h3-4H,1H2,2H3. The summed E-state index contributed by atoms with van der Waals surface area (Å²) in [7, 11) is 0. The summed E-state index contributed by atoms with van der Waals surface area (Å²) < 4.78 is 49.6. The molecule has 1 radical (unpaired) electrons. The Labute approximate surface area is 56.0 Å². The van der Waals surface area contributed by atoms with E-state index in [9.17, 15) is 17.6 Å². The Balaban J connectivity index is 3.87. The van der Waals surface area contributed by atoms with Gasteiger partial charge in [0.15, 0.2) is 0 Å². The molecule has 0 heterocycles. The maximum atomic E-state index is 11.8. The van der Waals surface area contributed by atoms with Gasteiger partial charge in [0, 0.05) is 0 Å². The van der Waals surface area contributed by atoms with Crippen molar-refractivity contribution in [1.82, 2.24) is 0 Å². The average Bonchev–Trinajstić information content (AvgIpc) is 1.60. The van der Waals surface area contributed by atoms with Crippen molar-refractivity contribution in [3.63, 3.8) is 0 Å². The van der Waals surface area contributed by atoms with Crippen molar-refractivity contribution in [2.45, 2.75) is 25.6 Å². The van der Waals surface area contributed by atoms with Gasteiger partial charge in [-0.3, -0.25) is 0 Å². The highest BCUT2D eigenvalue weighted by Gasteiger charge is 2.42. The largest absolute Gasteiger partial charge is 0.416 e. The molecule has 0 aromatic carbocycles. The van der Waals surface area contributed by atoms with Gasteiger partial charge in [-0.05, 0) is 13.8 Å². The number of halogens is 4. The minimum atomic E-state index is -4.37. The molecule has 0 bridgehead atoms. The van der Waals surface area contributed by atoms with E-state index in [0.29, 0.717) is 0 Å². The van der Waals surface area contributed by atoms with Crippen molar-refractivity contribution in [2.75, 3.05) is 0 Å². The van der Waals surface area contributed by atoms with Crippen LogP contribution in [0.3, 0.4) is 0 Å². The lowest BCUT2D eigenvalue weighted by atomic mass is 10.5. The second-order valence-corrected chi connectivity index (χ2v) is 1.79. The molecule has 0 aromatic heterocycles. The van der Waals surface area contributed by atoms with Crippen molar-refractivity contribution in [3.05, 3.63) is 6.92 Å². The second-order valence-electron chi connectivity index (χ2n) is 1.79. The molecule has 5 heteroatoms. The van der Waals surface area contributed by atoms with Gasteiger partial charge < -0.3 is 4.74 Å². The molecular weight excluding hydrogens is 152 g/mol. The normalized spacial score (nSPS) is 13.2. The highest BCUT2D eigenvalue weighted by Crippen LogP contribution is 2.25. The molecule has 0 aliphatic heterocycles. The van der Waals surface area contributed by atoms with Crippen LogP contribution in [0, 0.1) is 6.92 Å². The van der Waals surface area contributed by atoms with Crippen LogP contribution in [-0.2, 0) is 4.74 Å². The van der Waals surface area contributed by atoms with E-state index in [0.717, 1.165) is 6.92 Å². The van der Waals surface area contributed by atoms with Crippen molar-refractivity contribution in [3.8, 4) is 0 Å². The van der Waals surface area contributed by atoms with Crippen LogP contribution in [0.25, 0.3) is 0 Å². The fraction of sp³-hybridized carbons (Fsp3) is 0.800. The maximum absolute atomic E-state index is 11.8. The summed E-state index contributed by atoms with van der Waals surface area (Å²) in [5, 5.41) is 0. The zero-order valence-electron chi connectivity index (χ0n) is 5.28. The van der Waals surface area contributed by atoms with Crippen molar-refractivity contribution < 1.29 is 22.3 Å². The van der Waals surface area contributed by atoms with Gasteiger partial charge in [0.25, 0.3) is 0 Å². The van der Waals surface area contributed by atoms with Crippen LogP contribution in [0.4, 0.5) is 17.6 Å². The van der Waals surface area contributed by atoms with Crippen molar-refractivity contribution >= 4 is 0 Å². The van der Waals surface area contributed by atoms with Crippen LogP contribution < -0.4 is 0 Å². The lowest BCUT2D eigenvalue weighted by Gasteiger charge is -2.17. The van der Waals surface area contributed by atoms with E-state index in [-0.39, 0.29) is 0 Å². The molecular formula is C5H7F4O. The third-order valence-corrected chi connectivity index (χ3v) is 0.612. The molecule has 0 N–H and O–H groups in total. The van der Waals surface area contributed by atoms with Gasteiger partial charge >= 0.3 is 12.5 Å². The van der Waals surface area contributed by atoms with E-state index >= 15 is 0 Å². The Morgan fingerprint density at radius 3 is 1.90 bits per heavy atom. The minimum absolute atomic E-state index is 1.15.